The maximum atomic E-state index is 12.1. The molecule has 1 aromatic carbocycles. The molecule has 1 aliphatic rings. The number of piperidine rings is 1. The number of likely N-dealkylation sites (tertiary alicyclic amines) is 1. The SMILES string of the molecule is Cc1cc(N)ccc1NC(=O)CCN1CC(C)CC(C)C1. The van der Waals surface area contributed by atoms with Crippen LogP contribution in [0.2, 0.25) is 0 Å². The summed E-state index contributed by atoms with van der Waals surface area (Å²) in [5, 5.41) is 2.98. The zero-order valence-electron chi connectivity index (χ0n) is 13.4. The van der Waals surface area contributed by atoms with Crippen molar-refractivity contribution in [2.24, 2.45) is 11.8 Å². The molecule has 3 N–H and O–H groups in total. The molecule has 0 radical (unpaired) electrons. The van der Waals surface area contributed by atoms with E-state index in [9.17, 15) is 4.79 Å². The van der Waals surface area contributed by atoms with E-state index in [1.807, 2.05) is 25.1 Å². The molecule has 2 unspecified atom stereocenters. The Morgan fingerprint density at radius 1 is 1.33 bits per heavy atom. The Morgan fingerprint density at radius 2 is 2.00 bits per heavy atom. The largest absolute Gasteiger partial charge is 0.399 e. The van der Waals surface area contributed by atoms with Crippen molar-refractivity contribution in [1.29, 1.82) is 0 Å². The molecule has 116 valence electrons. The van der Waals surface area contributed by atoms with E-state index >= 15 is 0 Å². The highest BCUT2D eigenvalue weighted by Gasteiger charge is 2.21. The van der Waals surface area contributed by atoms with Gasteiger partial charge in [0.1, 0.15) is 0 Å². The van der Waals surface area contributed by atoms with Crippen LogP contribution < -0.4 is 11.1 Å². The Kier molecular flexibility index (Phi) is 5.23. The molecule has 1 fully saturated rings. The molecule has 0 aromatic heterocycles. The molecule has 1 heterocycles. The molecule has 2 atom stereocenters. The van der Waals surface area contributed by atoms with E-state index in [2.05, 4.69) is 24.1 Å². The lowest BCUT2D eigenvalue weighted by atomic mass is 9.92. The molecule has 4 nitrogen and oxygen atoms in total. The van der Waals surface area contributed by atoms with Crippen LogP contribution in [0.5, 0.6) is 0 Å². The molecule has 0 aliphatic carbocycles. The van der Waals surface area contributed by atoms with E-state index in [-0.39, 0.29) is 5.91 Å². The third-order valence-electron chi connectivity index (χ3n) is 4.12. The molecular formula is C17H27N3O. The van der Waals surface area contributed by atoms with E-state index in [0.717, 1.165) is 48.4 Å². The van der Waals surface area contributed by atoms with Gasteiger partial charge in [-0.2, -0.15) is 0 Å². The number of benzene rings is 1. The first-order valence-electron chi connectivity index (χ1n) is 7.82. The summed E-state index contributed by atoms with van der Waals surface area (Å²) in [6.07, 6.45) is 1.84. The first-order valence-corrected chi connectivity index (χ1v) is 7.82. The van der Waals surface area contributed by atoms with Crippen molar-refractivity contribution in [2.45, 2.75) is 33.6 Å². The maximum Gasteiger partial charge on any atom is 0.225 e. The van der Waals surface area contributed by atoms with Crippen LogP contribution in [0, 0.1) is 18.8 Å². The van der Waals surface area contributed by atoms with Crippen LogP contribution in [-0.2, 0) is 4.79 Å². The Balaban J connectivity index is 1.82. The molecule has 1 aliphatic heterocycles. The Bertz CT molecular complexity index is 491. The smallest absolute Gasteiger partial charge is 0.225 e. The number of anilines is 2. The first kappa shape index (κ1) is 15.8. The molecule has 0 bridgehead atoms. The topological polar surface area (TPSA) is 58.4 Å². The number of hydrogen-bond acceptors (Lipinski definition) is 3. The van der Waals surface area contributed by atoms with Crippen molar-refractivity contribution in [3.8, 4) is 0 Å². The lowest BCUT2D eigenvalue weighted by molar-refractivity contribution is -0.116. The quantitative estimate of drug-likeness (QED) is 0.838. The molecular weight excluding hydrogens is 262 g/mol. The summed E-state index contributed by atoms with van der Waals surface area (Å²) in [7, 11) is 0. The van der Waals surface area contributed by atoms with Gasteiger partial charge in [0, 0.05) is 37.4 Å². The van der Waals surface area contributed by atoms with E-state index in [4.69, 9.17) is 5.73 Å². The minimum atomic E-state index is 0.0775. The maximum absolute atomic E-state index is 12.1. The fourth-order valence-corrected chi connectivity index (χ4v) is 3.27. The number of nitrogens with two attached hydrogens (primary N) is 1. The van der Waals surface area contributed by atoms with Gasteiger partial charge in [-0.25, -0.2) is 0 Å². The zero-order chi connectivity index (χ0) is 15.4. The van der Waals surface area contributed by atoms with Gasteiger partial charge in [-0.15, -0.1) is 0 Å². The summed E-state index contributed by atoms with van der Waals surface area (Å²) in [5.74, 6) is 1.54. The summed E-state index contributed by atoms with van der Waals surface area (Å²) in [5.41, 5.74) is 8.30. The van der Waals surface area contributed by atoms with Gasteiger partial charge in [-0.05, 0) is 48.9 Å². The van der Waals surface area contributed by atoms with Crippen LogP contribution in [0.3, 0.4) is 0 Å². The van der Waals surface area contributed by atoms with Crippen LogP contribution in [0.15, 0.2) is 18.2 Å². The van der Waals surface area contributed by atoms with Crippen LogP contribution in [0.4, 0.5) is 11.4 Å². The minimum absolute atomic E-state index is 0.0775. The van der Waals surface area contributed by atoms with Crippen LogP contribution >= 0.6 is 0 Å². The van der Waals surface area contributed by atoms with Gasteiger partial charge in [0.15, 0.2) is 0 Å². The number of nitrogens with zero attached hydrogens (tertiary/aromatic N) is 1. The molecule has 1 aromatic rings. The molecule has 1 amide bonds. The number of carbonyl (C=O) groups excluding carboxylic acids is 1. The van der Waals surface area contributed by atoms with Crippen molar-refractivity contribution in [3.63, 3.8) is 0 Å². The van der Waals surface area contributed by atoms with Gasteiger partial charge >= 0.3 is 0 Å². The van der Waals surface area contributed by atoms with Gasteiger partial charge in [0.2, 0.25) is 5.91 Å². The summed E-state index contributed by atoms with van der Waals surface area (Å²) in [6, 6.07) is 5.56. The van der Waals surface area contributed by atoms with Gasteiger partial charge in [0.05, 0.1) is 0 Å². The number of rotatable bonds is 4. The average molecular weight is 289 g/mol. The number of aryl methyl sites for hydroxylation is 1. The molecule has 0 saturated carbocycles. The standard InChI is InChI=1S/C17H27N3O/c1-12-8-13(2)11-20(10-12)7-6-17(21)19-16-5-4-15(18)9-14(16)3/h4-5,9,12-13H,6-8,10-11,18H2,1-3H3,(H,19,21). The number of amides is 1. The Labute approximate surface area is 127 Å². The summed E-state index contributed by atoms with van der Waals surface area (Å²) in [6.45, 7) is 9.60. The molecule has 1 saturated heterocycles. The molecule has 2 rings (SSSR count). The number of nitrogens with one attached hydrogen (secondary N) is 1. The predicted molar refractivity (Wildman–Crippen MR) is 88.2 cm³/mol. The fraction of sp³-hybridized carbons (Fsp3) is 0.588. The average Bonchev–Trinajstić information content (AvgIpc) is 2.39. The molecule has 21 heavy (non-hydrogen) atoms. The van der Waals surface area contributed by atoms with E-state index in [1.54, 1.807) is 0 Å². The third kappa shape index (κ3) is 4.74. The highest BCUT2D eigenvalue weighted by molar-refractivity contribution is 5.91. The summed E-state index contributed by atoms with van der Waals surface area (Å²) >= 11 is 0. The minimum Gasteiger partial charge on any atom is -0.399 e. The van der Waals surface area contributed by atoms with E-state index in [1.165, 1.54) is 6.42 Å². The highest BCUT2D eigenvalue weighted by Crippen LogP contribution is 2.21. The second kappa shape index (κ2) is 6.94. The van der Waals surface area contributed by atoms with Gasteiger partial charge in [-0.3, -0.25) is 4.79 Å². The van der Waals surface area contributed by atoms with Crippen molar-refractivity contribution in [3.05, 3.63) is 23.8 Å². The zero-order valence-corrected chi connectivity index (χ0v) is 13.4. The number of nitrogen functional groups attached to an aromatic ring is 1. The van der Waals surface area contributed by atoms with Crippen molar-refractivity contribution in [1.82, 2.24) is 4.90 Å². The van der Waals surface area contributed by atoms with Crippen LogP contribution in [0.25, 0.3) is 0 Å². The van der Waals surface area contributed by atoms with E-state index < -0.39 is 0 Å². The lowest BCUT2D eigenvalue weighted by Gasteiger charge is -2.34. The number of carbonyl (C=O) groups is 1. The van der Waals surface area contributed by atoms with Gasteiger partial charge < -0.3 is 16.0 Å². The van der Waals surface area contributed by atoms with Crippen LogP contribution in [-0.4, -0.2) is 30.4 Å². The van der Waals surface area contributed by atoms with Gasteiger partial charge in [-0.1, -0.05) is 13.8 Å². The number of hydrogen-bond donors (Lipinski definition) is 2. The highest BCUT2D eigenvalue weighted by atomic mass is 16.1. The van der Waals surface area contributed by atoms with Gasteiger partial charge in [0.25, 0.3) is 0 Å². The van der Waals surface area contributed by atoms with Crippen molar-refractivity contribution >= 4 is 17.3 Å². The second-order valence-electron chi connectivity index (χ2n) is 6.58. The normalized spacial score (nSPS) is 23.0. The Hall–Kier alpha value is -1.55. The predicted octanol–water partition coefficient (Wildman–Crippen LogP) is 2.88. The van der Waals surface area contributed by atoms with Crippen molar-refractivity contribution in [2.75, 3.05) is 30.7 Å². The van der Waals surface area contributed by atoms with E-state index in [0.29, 0.717) is 6.42 Å². The molecule has 4 heteroatoms. The fourth-order valence-electron chi connectivity index (χ4n) is 3.27. The second-order valence-corrected chi connectivity index (χ2v) is 6.58. The lowest BCUT2D eigenvalue weighted by Crippen LogP contribution is -2.40. The third-order valence-corrected chi connectivity index (χ3v) is 4.12. The summed E-state index contributed by atoms with van der Waals surface area (Å²) in [4.78, 5) is 14.5. The Morgan fingerprint density at radius 3 is 2.62 bits per heavy atom. The summed E-state index contributed by atoms with van der Waals surface area (Å²) < 4.78 is 0. The monoisotopic (exact) mass is 289 g/mol. The van der Waals surface area contributed by atoms with Crippen LogP contribution in [0.1, 0.15) is 32.3 Å². The molecule has 0 spiro atoms. The first-order chi connectivity index (χ1) is 9.94. The van der Waals surface area contributed by atoms with Crippen molar-refractivity contribution < 1.29 is 4.79 Å².